The molecule has 0 saturated heterocycles. The minimum absolute atomic E-state index is 0.124. The van der Waals surface area contributed by atoms with Crippen LogP contribution >= 0.6 is 11.6 Å². The maximum absolute atomic E-state index is 13.7. The smallest absolute Gasteiger partial charge is 0.259 e. The number of nitrogens with zero attached hydrogens (tertiary/aromatic N) is 1. The second-order valence-corrected chi connectivity index (χ2v) is 10.5. The summed E-state index contributed by atoms with van der Waals surface area (Å²) in [5.74, 6) is -1.03. The molecule has 1 atom stereocenters. The van der Waals surface area contributed by atoms with Crippen LogP contribution in [0.4, 0.5) is 10.1 Å². The maximum Gasteiger partial charge on any atom is 0.259 e. The van der Waals surface area contributed by atoms with Crippen LogP contribution in [0.5, 0.6) is 0 Å². The molecule has 0 spiro atoms. The molecule has 37 heavy (non-hydrogen) atoms. The van der Waals surface area contributed by atoms with Crippen LogP contribution in [0.15, 0.2) is 101 Å². The Bertz CT molecular complexity index is 1510. The number of nitrogens with one attached hydrogen (secondary N) is 1. The average Bonchev–Trinajstić information content (AvgIpc) is 3.00. The zero-order valence-electron chi connectivity index (χ0n) is 19.6. The number of amides is 2. The fraction of sp³-hybridized carbons (Fsp3) is 0.103. The van der Waals surface area contributed by atoms with Gasteiger partial charge in [0.25, 0.3) is 11.8 Å². The lowest BCUT2D eigenvalue weighted by molar-refractivity contribution is 0.0950. The van der Waals surface area contributed by atoms with Crippen molar-refractivity contribution in [3.8, 4) is 0 Å². The van der Waals surface area contributed by atoms with E-state index in [0.29, 0.717) is 50.2 Å². The third kappa shape index (κ3) is 5.33. The van der Waals surface area contributed by atoms with E-state index >= 15 is 0 Å². The van der Waals surface area contributed by atoms with E-state index in [-0.39, 0.29) is 24.2 Å². The van der Waals surface area contributed by atoms with E-state index in [2.05, 4.69) is 5.32 Å². The molecular formula is C29H22ClFN2O3S. The van der Waals surface area contributed by atoms with Gasteiger partial charge in [-0.1, -0.05) is 48.0 Å². The number of rotatable bonds is 6. The predicted octanol–water partition coefficient (Wildman–Crippen LogP) is 5.78. The predicted molar refractivity (Wildman–Crippen MR) is 142 cm³/mol. The van der Waals surface area contributed by atoms with Crippen LogP contribution in [-0.4, -0.2) is 22.6 Å². The summed E-state index contributed by atoms with van der Waals surface area (Å²) >= 11 is 5.93. The van der Waals surface area contributed by atoms with E-state index in [0.717, 1.165) is 5.56 Å². The number of fused-ring (bicyclic) bond motifs is 2. The van der Waals surface area contributed by atoms with E-state index in [1.807, 2.05) is 12.1 Å². The Kier molecular flexibility index (Phi) is 7.17. The number of carbonyl (C=O) groups excluding carboxylic acids is 2. The van der Waals surface area contributed by atoms with Crippen LogP contribution in [0, 0.1) is 5.82 Å². The minimum Gasteiger partial charge on any atom is -0.352 e. The second-order valence-electron chi connectivity index (χ2n) is 8.60. The molecular weight excluding hydrogens is 511 g/mol. The average molecular weight is 533 g/mol. The Hall–Kier alpha value is -3.81. The van der Waals surface area contributed by atoms with Gasteiger partial charge in [-0.15, -0.1) is 0 Å². The van der Waals surface area contributed by atoms with Crippen molar-refractivity contribution in [3.05, 3.63) is 124 Å². The standard InChI is InChI=1S/C29H22ClFN2O3S/c30-22-10-5-19(6-11-22)15-16-32-28(34)21-9-14-27-25(17-21)33(18-20-7-12-23(31)13-8-20)29(35)24-3-1-2-4-26(24)37(27)36/h1-14,17H,15-16,18H2,(H,32,34). The van der Waals surface area contributed by atoms with Crippen molar-refractivity contribution in [2.75, 3.05) is 11.4 Å². The monoisotopic (exact) mass is 532 g/mol. The molecule has 0 aliphatic carbocycles. The Balaban J connectivity index is 1.46. The van der Waals surface area contributed by atoms with E-state index < -0.39 is 10.8 Å². The number of halogens is 2. The lowest BCUT2D eigenvalue weighted by Gasteiger charge is -2.23. The number of hydrogen-bond donors (Lipinski definition) is 1. The second kappa shape index (κ2) is 10.7. The van der Waals surface area contributed by atoms with Gasteiger partial charge in [0.1, 0.15) is 5.82 Å². The highest BCUT2D eigenvalue weighted by molar-refractivity contribution is 7.85. The summed E-state index contributed by atoms with van der Waals surface area (Å²) in [6.07, 6.45) is 0.627. The zero-order valence-corrected chi connectivity index (χ0v) is 21.2. The molecule has 0 bridgehead atoms. The lowest BCUT2D eigenvalue weighted by atomic mass is 10.1. The van der Waals surface area contributed by atoms with E-state index in [1.54, 1.807) is 66.7 Å². The third-order valence-electron chi connectivity index (χ3n) is 6.14. The molecule has 5 rings (SSSR count). The van der Waals surface area contributed by atoms with Crippen LogP contribution in [-0.2, 0) is 23.8 Å². The number of benzene rings is 4. The van der Waals surface area contributed by atoms with Crippen molar-refractivity contribution in [2.24, 2.45) is 0 Å². The van der Waals surface area contributed by atoms with Crippen molar-refractivity contribution in [3.63, 3.8) is 0 Å². The molecule has 1 aliphatic heterocycles. The Morgan fingerprint density at radius 3 is 2.35 bits per heavy atom. The summed E-state index contributed by atoms with van der Waals surface area (Å²) in [4.78, 5) is 29.0. The highest BCUT2D eigenvalue weighted by Gasteiger charge is 2.31. The fourth-order valence-electron chi connectivity index (χ4n) is 4.21. The SMILES string of the molecule is O=C(NCCc1ccc(Cl)cc1)c1ccc2c(c1)N(Cc1ccc(F)cc1)C(=O)c1ccccc1S2=O. The van der Waals surface area contributed by atoms with E-state index in [1.165, 1.54) is 17.0 Å². The molecule has 1 heterocycles. The minimum atomic E-state index is -1.63. The maximum atomic E-state index is 13.7. The molecule has 4 aromatic rings. The van der Waals surface area contributed by atoms with Crippen molar-refractivity contribution in [1.82, 2.24) is 5.32 Å². The van der Waals surface area contributed by atoms with Gasteiger partial charge in [-0.3, -0.25) is 9.59 Å². The fourth-order valence-corrected chi connectivity index (χ4v) is 5.68. The summed E-state index contributed by atoms with van der Waals surface area (Å²) in [6.45, 7) is 0.534. The van der Waals surface area contributed by atoms with Crippen molar-refractivity contribution in [2.45, 2.75) is 22.8 Å². The van der Waals surface area contributed by atoms with E-state index in [9.17, 15) is 18.2 Å². The van der Waals surface area contributed by atoms with Gasteiger partial charge < -0.3 is 10.2 Å². The Morgan fingerprint density at radius 2 is 1.59 bits per heavy atom. The summed E-state index contributed by atoms with van der Waals surface area (Å²) in [7, 11) is -1.63. The number of hydrogen-bond acceptors (Lipinski definition) is 3. The topological polar surface area (TPSA) is 66.5 Å². The molecule has 1 aliphatic rings. The molecule has 1 unspecified atom stereocenters. The molecule has 8 heteroatoms. The van der Waals surface area contributed by atoms with Gasteiger partial charge in [0.15, 0.2) is 0 Å². The van der Waals surface area contributed by atoms with Gasteiger partial charge in [0, 0.05) is 17.1 Å². The first-order chi connectivity index (χ1) is 17.9. The van der Waals surface area contributed by atoms with Crippen LogP contribution in [0.1, 0.15) is 31.8 Å². The third-order valence-corrected chi connectivity index (χ3v) is 7.89. The first-order valence-electron chi connectivity index (χ1n) is 11.6. The normalized spacial score (nSPS) is 14.5. The van der Waals surface area contributed by atoms with Gasteiger partial charge in [0.05, 0.1) is 38.4 Å². The molecule has 186 valence electrons. The Labute approximate surface area is 221 Å². The largest absolute Gasteiger partial charge is 0.352 e. The molecule has 2 amide bonds. The first kappa shape index (κ1) is 24.9. The Morgan fingerprint density at radius 1 is 0.892 bits per heavy atom. The summed E-state index contributed by atoms with van der Waals surface area (Å²) < 4.78 is 27.0. The lowest BCUT2D eigenvalue weighted by Crippen LogP contribution is -2.31. The molecule has 0 aromatic heterocycles. The summed E-state index contributed by atoms with van der Waals surface area (Å²) in [5, 5.41) is 3.55. The quantitative estimate of drug-likeness (QED) is 0.342. The first-order valence-corrected chi connectivity index (χ1v) is 13.2. The zero-order chi connectivity index (χ0) is 25.9. The van der Waals surface area contributed by atoms with Crippen LogP contribution < -0.4 is 10.2 Å². The van der Waals surface area contributed by atoms with Crippen molar-refractivity contribution < 1.29 is 18.2 Å². The van der Waals surface area contributed by atoms with Crippen molar-refractivity contribution >= 4 is 39.9 Å². The van der Waals surface area contributed by atoms with E-state index in [4.69, 9.17) is 11.6 Å². The van der Waals surface area contributed by atoms with Crippen LogP contribution in [0.2, 0.25) is 5.02 Å². The summed E-state index contributed by atoms with van der Waals surface area (Å²) in [5.41, 5.74) is 2.79. The highest BCUT2D eigenvalue weighted by atomic mass is 35.5. The molecule has 0 radical (unpaired) electrons. The van der Waals surface area contributed by atoms with Gasteiger partial charge >= 0.3 is 0 Å². The van der Waals surface area contributed by atoms with Gasteiger partial charge in [-0.05, 0) is 72.1 Å². The molecule has 0 fully saturated rings. The molecule has 0 saturated carbocycles. The van der Waals surface area contributed by atoms with Gasteiger partial charge in [-0.2, -0.15) is 0 Å². The number of carbonyl (C=O) groups is 2. The molecule has 4 aromatic carbocycles. The highest BCUT2D eigenvalue weighted by Crippen LogP contribution is 2.36. The van der Waals surface area contributed by atoms with Gasteiger partial charge in [0.2, 0.25) is 0 Å². The molecule has 5 nitrogen and oxygen atoms in total. The number of anilines is 1. The summed E-state index contributed by atoms with van der Waals surface area (Å²) in [6, 6.07) is 24.9. The van der Waals surface area contributed by atoms with Crippen LogP contribution in [0.25, 0.3) is 0 Å². The van der Waals surface area contributed by atoms with Gasteiger partial charge in [-0.25, -0.2) is 8.60 Å². The van der Waals surface area contributed by atoms with Crippen molar-refractivity contribution in [1.29, 1.82) is 0 Å². The molecule has 1 N–H and O–H groups in total. The van der Waals surface area contributed by atoms with Crippen LogP contribution in [0.3, 0.4) is 0 Å².